The summed E-state index contributed by atoms with van der Waals surface area (Å²) in [6.07, 6.45) is 6.64. The van der Waals surface area contributed by atoms with Gasteiger partial charge in [0.15, 0.2) is 0 Å². The van der Waals surface area contributed by atoms with Gasteiger partial charge in [0.2, 0.25) is 0 Å². The molecule has 0 bridgehead atoms. The van der Waals surface area contributed by atoms with Crippen molar-refractivity contribution < 1.29 is 9.53 Å². The van der Waals surface area contributed by atoms with Crippen LogP contribution in [0.25, 0.3) is 17.2 Å². The van der Waals surface area contributed by atoms with Crippen LogP contribution < -0.4 is 0 Å². The van der Waals surface area contributed by atoms with E-state index in [4.69, 9.17) is 4.74 Å². The number of pyridine rings is 1. The number of cyclic esters (lactones) is 1. The molecule has 1 aromatic carbocycles. The second kappa shape index (κ2) is 7.67. The van der Waals surface area contributed by atoms with E-state index in [0.29, 0.717) is 17.4 Å². The van der Waals surface area contributed by atoms with Crippen molar-refractivity contribution in [3.63, 3.8) is 0 Å². The normalized spacial score (nSPS) is 26.3. The Labute approximate surface area is 171 Å². The van der Waals surface area contributed by atoms with Crippen molar-refractivity contribution >= 4 is 12.0 Å². The van der Waals surface area contributed by atoms with Gasteiger partial charge in [0.05, 0.1) is 17.3 Å². The topological polar surface area (TPSA) is 63.0 Å². The van der Waals surface area contributed by atoms with E-state index in [1.54, 1.807) is 6.20 Å². The lowest BCUT2D eigenvalue weighted by molar-refractivity contribution is -0.139. The van der Waals surface area contributed by atoms with Gasteiger partial charge in [0.1, 0.15) is 6.10 Å². The molecule has 0 spiro atoms. The molecular formula is C25H24N2O2. The molecule has 1 aromatic heterocycles. The zero-order chi connectivity index (χ0) is 20.5. The number of rotatable bonds is 3. The average Bonchev–Trinajstić information content (AvgIpc) is 3.01. The van der Waals surface area contributed by atoms with Gasteiger partial charge in [-0.05, 0) is 49.0 Å². The number of hydrogen-bond acceptors (Lipinski definition) is 4. The fraction of sp³-hybridized carbons (Fsp3) is 0.320. The molecule has 2 heterocycles. The number of ether oxygens (including phenoxy) is 1. The molecule has 0 saturated heterocycles. The minimum absolute atomic E-state index is 0.150. The third kappa shape index (κ3) is 3.49. The second-order valence-electron chi connectivity index (χ2n) is 8.04. The smallest absolute Gasteiger partial charge is 0.334 e. The van der Waals surface area contributed by atoms with Gasteiger partial charge in [-0.2, -0.15) is 5.26 Å². The summed E-state index contributed by atoms with van der Waals surface area (Å²) in [6.45, 7) is 6.41. The number of carbonyl (C=O) groups is 1. The lowest BCUT2D eigenvalue weighted by atomic mass is 9.69. The van der Waals surface area contributed by atoms with E-state index in [2.05, 4.69) is 31.0 Å². The molecule has 146 valence electrons. The summed E-state index contributed by atoms with van der Waals surface area (Å²) in [5.74, 6) is 0.891. The van der Waals surface area contributed by atoms with Crippen LogP contribution in [0.15, 0.2) is 59.8 Å². The predicted octanol–water partition coefficient (Wildman–Crippen LogP) is 5.17. The molecule has 29 heavy (non-hydrogen) atoms. The molecule has 0 fully saturated rings. The number of esters is 1. The lowest BCUT2D eigenvalue weighted by Gasteiger charge is -2.33. The minimum Gasteiger partial charge on any atom is -0.455 e. The Morgan fingerprint density at radius 2 is 1.97 bits per heavy atom. The fourth-order valence-corrected chi connectivity index (χ4v) is 4.45. The van der Waals surface area contributed by atoms with Crippen LogP contribution >= 0.6 is 0 Å². The van der Waals surface area contributed by atoms with Gasteiger partial charge in [-0.1, -0.05) is 44.2 Å². The molecule has 0 saturated carbocycles. The van der Waals surface area contributed by atoms with Crippen LogP contribution in [0.2, 0.25) is 0 Å². The van der Waals surface area contributed by atoms with Crippen molar-refractivity contribution in [3.8, 4) is 17.2 Å². The van der Waals surface area contributed by atoms with Gasteiger partial charge < -0.3 is 4.74 Å². The van der Waals surface area contributed by atoms with Crippen LogP contribution in [-0.2, 0) is 9.53 Å². The number of benzene rings is 1. The van der Waals surface area contributed by atoms with Crippen LogP contribution in [0.4, 0.5) is 0 Å². The Balaban J connectivity index is 1.60. The van der Waals surface area contributed by atoms with E-state index in [1.165, 1.54) is 0 Å². The molecule has 2 aliphatic rings. The first-order valence-corrected chi connectivity index (χ1v) is 10.1. The first-order chi connectivity index (χ1) is 14.0. The molecular weight excluding hydrogens is 360 g/mol. The number of nitrogens with zero attached hydrogens (tertiary/aromatic N) is 2. The summed E-state index contributed by atoms with van der Waals surface area (Å²) >= 11 is 0. The quantitative estimate of drug-likeness (QED) is 0.685. The van der Waals surface area contributed by atoms with Gasteiger partial charge in [-0.15, -0.1) is 0 Å². The SMILES string of the molecule is C[C@H]1OC(=O)C2=C1C(/C=C/c1ccc(-c3ccccc3C#N)cn1)[C@H](C)[C@@H](C)C2. The third-order valence-corrected chi connectivity index (χ3v) is 6.29. The highest BCUT2D eigenvalue weighted by molar-refractivity contribution is 5.93. The molecule has 1 aliphatic heterocycles. The molecule has 4 nitrogen and oxygen atoms in total. The fourth-order valence-electron chi connectivity index (χ4n) is 4.45. The third-order valence-electron chi connectivity index (χ3n) is 6.29. The molecule has 0 amide bonds. The highest BCUT2D eigenvalue weighted by Gasteiger charge is 2.42. The van der Waals surface area contributed by atoms with Gasteiger partial charge in [-0.3, -0.25) is 4.98 Å². The monoisotopic (exact) mass is 384 g/mol. The number of nitriles is 1. The number of carbonyl (C=O) groups excluding carboxylic acids is 1. The maximum Gasteiger partial charge on any atom is 0.334 e. The Kier molecular flexibility index (Phi) is 5.07. The molecule has 0 N–H and O–H groups in total. The van der Waals surface area contributed by atoms with E-state index < -0.39 is 0 Å². The highest BCUT2D eigenvalue weighted by atomic mass is 16.5. The molecule has 4 atom stereocenters. The van der Waals surface area contributed by atoms with Gasteiger partial charge in [0, 0.05) is 28.8 Å². The first kappa shape index (κ1) is 19.1. The molecule has 0 radical (unpaired) electrons. The van der Waals surface area contributed by atoms with Crippen LogP contribution in [0.5, 0.6) is 0 Å². The van der Waals surface area contributed by atoms with Gasteiger partial charge in [-0.25, -0.2) is 4.79 Å². The average molecular weight is 384 g/mol. The van der Waals surface area contributed by atoms with Crippen molar-refractivity contribution in [2.45, 2.75) is 33.3 Å². The van der Waals surface area contributed by atoms with E-state index >= 15 is 0 Å². The number of allylic oxidation sites excluding steroid dienone is 1. The van der Waals surface area contributed by atoms with E-state index in [-0.39, 0.29) is 18.0 Å². The van der Waals surface area contributed by atoms with Crippen LogP contribution in [0, 0.1) is 29.1 Å². The number of hydrogen-bond donors (Lipinski definition) is 0. The van der Waals surface area contributed by atoms with E-state index in [0.717, 1.165) is 34.4 Å². The second-order valence-corrected chi connectivity index (χ2v) is 8.04. The summed E-state index contributed by atoms with van der Waals surface area (Å²) in [5, 5.41) is 9.30. The summed E-state index contributed by atoms with van der Waals surface area (Å²) < 4.78 is 5.48. The van der Waals surface area contributed by atoms with Gasteiger partial charge in [0.25, 0.3) is 0 Å². The lowest BCUT2D eigenvalue weighted by Crippen LogP contribution is -2.28. The maximum atomic E-state index is 12.2. The van der Waals surface area contributed by atoms with E-state index in [9.17, 15) is 10.1 Å². The molecule has 1 unspecified atom stereocenters. The van der Waals surface area contributed by atoms with Gasteiger partial charge >= 0.3 is 5.97 Å². The summed E-state index contributed by atoms with van der Waals surface area (Å²) in [6, 6.07) is 13.7. The highest BCUT2D eigenvalue weighted by Crippen LogP contribution is 2.45. The Hall–Kier alpha value is -3.19. The van der Waals surface area contributed by atoms with Crippen molar-refractivity contribution in [2.75, 3.05) is 0 Å². The number of aromatic nitrogens is 1. The Bertz CT molecular complexity index is 1040. The molecule has 2 aromatic rings. The zero-order valence-corrected chi connectivity index (χ0v) is 16.9. The predicted molar refractivity (Wildman–Crippen MR) is 112 cm³/mol. The maximum absolute atomic E-state index is 12.2. The van der Waals surface area contributed by atoms with Crippen LogP contribution in [0.1, 0.15) is 38.4 Å². The molecule has 4 heteroatoms. The summed E-state index contributed by atoms with van der Waals surface area (Å²) in [7, 11) is 0. The van der Waals surface area contributed by atoms with Crippen molar-refractivity contribution in [1.82, 2.24) is 4.98 Å². The van der Waals surface area contributed by atoms with Crippen molar-refractivity contribution in [3.05, 3.63) is 71.1 Å². The summed E-state index contributed by atoms with van der Waals surface area (Å²) in [4.78, 5) is 16.7. The van der Waals surface area contributed by atoms with Crippen LogP contribution in [0.3, 0.4) is 0 Å². The van der Waals surface area contributed by atoms with E-state index in [1.807, 2.05) is 49.4 Å². The van der Waals surface area contributed by atoms with Crippen molar-refractivity contribution in [1.29, 1.82) is 5.26 Å². The summed E-state index contributed by atoms with van der Waals surface area (Å²) in [5.41, 5.74) is 5.31. The Morgan fingerprint density at radius 3 is 2.69 bits per heavy atom. The minimum atomic E-state index is -0.153. The standard InChI is InChI=1S/C25H24N2O2/c1-15-12-23-24(17(3)29-25(23)28)21(16(15)2)11-10-20-9-8-19(14-27-20)22-7-5-4-6-18(22)13-26/h4-11,14-17,21H,12H2,1-3H3/b11-10+/t15-,16+,17+,21?/m0/s1. The van der Waals surface area contributed by atoms with Crippen LogP contribution in [-0.4, -0.2) is 17.1 Å². The largest absolute Gasteiger partial charge is 0.455 e. The molecule has 4 rings (SSSR count). The molecule has 1 aliphatic carbocycles. The first-order valence-electron chi connectivity index (χ1n) is 10.1. The zero-order valence-electron chi connectivity index (χ0n) is 16.9. The van der Waals surface area contributed by atoms with Crippen molar-refractivity contribution in [2.24, 2.45) is 17.8 Å². The Morgan fingerprint density at radius 1 is 1.17 bits per heavy atom.